The zero-order chi connectivity index (χ0) is 79.2. The predicted molar refractivity (Wildman–Crippen MR) is 398 cm³/mol. The van der Waals surface area contributed by atoms with Crippen LogP contribution in [0.15, 0.2) is 47.5 Å². The number of urea groups is 1. The number of rotatable bonds is 23. The van der Waals surface area contributed by atoms with Crippen LogP contribution in [0.3, 0.4) is 0 Å². The minimum Gasteiger partial charge on any atom is -0.508 e. The Morgan fingerprint density at radius 3 is 1.91 bits per heavy atom. The molecule has 2 bridgehead atoms. The molecule has 3 aliphatic rings. The Balaban J connectivity index is 1.78. The molecule has 13 atom stereocenters. The number of nitrogens with zero attached hydrogens (tertiary/aromatic N) is 2. The van der Waals surface area contributed by atoms with Crippen molar-refractivity contribution < 1.29 is 102 Å². The third-order valence-electron chi connectivity index (χ3n) is 16.2. The van der Waals surface area contributed by atoms with E-state index in [2.05, 4.69) is 68.8 Å². The average Bonchev–Trinajstić information content (AvgIpc) is 0.931. The molecule has 0 saturated carbocycles. The van der Waals surface area contributed by atoms with Crippen molar-refractivity contribution >= 4 is 170 Å². The van der Waals surface area contributed by atoms with E-state index in [-0.39, 0.29) is 89.8 Å². The third kappa shape index (κ3) is 29.8. The Hall–Kier alpha value is -9.32. The number of fused-ring (bicyclic) bond motifs is 9. The van der Waals surface area contributed by atoms with Crippen LogP contribution in [0.5, 0.6) is 11.5 Å². The molecule has 3 aliphatic heterocycles. The molecule has 27 N–H and O–H groups in total. The van der Waals surface area contributed by atoms with Crippen LogP contribution < -0.4 is 92.5 Å². The van der Waals surface area contributed by atoms with Crippen LogP contribution in [0, 0.1) is 3.57 Å². The number of hydrogen-bond acceptors (Lipinski definition) is 25. The van der Waals surface area contributed by atoms with Crippen LogP contribution in [-0.4, -0.2) is 256 Å². The number of aliphatic imine (C=N–C) groups is 1. The average molecular weight is 1690 g/mol. The standard InChI is InChI=1S/C62H88IN19O21S4/c1-28(83)46-54(97)75-37(22-45(88)89)59(100)82-18-4-7-41(82)53(96)73-34(5-2-16-69-61(66)67)48(91)77-39-24-104-26-106-57(79-44(87)23-64)56(99)81-58(55(98)80-46)107-27-105-25-40(52(95)76-38(60(101)102)20-29-8-11-31(84)12-9-29)78-49(92)35(13-15-43(65)86)72-50(93)36(21-30-10-14-42(85)32(63)19-30)74-47(90)33(71-51(39)94)6-3-17-70-62(68)103/h8-12,14,19,28,33-41,46,57-58,83-85H,2-7,13,15-18,20-27,64H2,1H3,(H2,65,86)(H,71,94)(H,72,93)(H,73,96)(H,74,90)(H,75,97)(H,76,95)(H,77,91)(H,78,92)(H,79,87)(H,80,98)(H,81,99)(H,88,89)(H,101,102)(H4,66,67,69)(H3,68,70,103)/t28-,33+,34+,35+,36+,37+,38+,39+,40+,41+,46+,57-,58-/m1/s1. The van der Waals surface area contributed by atoms with Crippen LogP contribution in [0.4, 0.5) is 4.79 Å². The third-order valence-corrected chi connectivity index (χ3v) is 21.9. The molecule has 0 radical (unpaired) electrons. The lowest BCUT2D eigenvalue weighted by Crippen LogP contribution is -2.62. The van der Waals surface area contributed by atoms with Crippen LogP contribution in [0.25, 0.3) is 0 Å². The molecule has 3 fully saturated rings. The Morgan fingerprint density at radius 1 is 0.673 bits per heavy atom. The number of halogens is 1. The summed E-state index contributed by atoms with van der Waals surface area (Å²) in [4.78, 5) is 230. The fourth-order valence-corrected chi connectivity index (χ4v) is 15.7. The molecular formula is C62H88IN19O21S4. The van der Waals surface area contributed by atoms with Gasteiger partial charge in [-0.1, -0.05) is 18.2 Å². The molecule has 0 aromatic heterocycles. The molecular weight excluding hydrogens is 1600 g/mol. The minimum atomic E-state index is -2.09. The van der Waals surface area contributed by atoms with Crippen molar-refractivity contribution in [2.24, 2.45) is 33.7 Å². The number of primary amides is 2. The number of hydrogen-bond donors (Lipinski definition) is 22. The van der Waals surface area contributed by atoms with Gasteiger partial charge in [-0.05, 0) is 110 Å². The predicted octanol–water partition coefficient (Wildman–Crippen LogP) is -6.73. The number of carbonyl (C=O) groups excluding carboxylic acids is 14. The van der Waals surface area contributed by atoms with Crippen LogP contribution in [0.1, 0.15) is 75.8 Å². The molecule has 588 valence electrons. The molecule has 0 aliphatic carbocycles. The van der Waals surface area contributed by atoms with Gasteiger partial charge in [0.25, 0.3) is 11.8 Å². The summed E-state index contributed by atoms with van der Waals surface area (Å²) in [6.45, 7) is -0.240. The van der Waals surface area contributed by atoms with Gasteiger partial charge in [0.05, 0.1) is 22.6 Å². The van der Waals surface area contributed by atoms with Crippen LogP contribution >= 0.6 is 69.6 Å². The molecule has 0 unspecified atom stereocenters. The minimum absolute atomic E-state index is 0.0393. The maximum absolute atomic E-state index is 15.1. The fourth-order valence-electron chi connectivity index (χ4n) is 10.7. The second kappa shape index (κ2) is 44.1. The quantitative estimate of drug-likeness (QED) is 0.0213. The zero-order valence-corrected chi connectivity index (χ0v) is 63.0. The molecule has 0 spiro atoms. The van der Waals surface area contributed by atoms with Crippen molar-refractivity contribution in [2.75, 3.05) is 47.9 Å². The number of carboxylic acid groups (broad SMARTS) is 2. The second-order valence-electron chi connectivity index (χ2n) is 24.4. The van der Waals surface area contributed by atoms with Crippen molar-refractivity contribution in [3.63, 3.8) is 0 Å². The Morgan fingerprint density at radius 2 is 1.27 bits per heavy atom. The molecule has 2 aromatic rings. The molecule has 2 aromatic carbocycles. The van der Waals surface area contributed by atoms with E-state index in [1.54, 1.807) is 22.6 Å². The van der Waals surface area contributed by atoms with E-state index >= 15 is 14.4 Å². The summed E-state index contributed by atoms with van der Waals surface area (Å²) in [5, 5.41) is 77.1. The van der Waals surface area contributed by atoms with Crippen molar-refractivity contribution in [2.45, 2.75) is 155 Å². The summed E-state index contributed by atoms with van der Waals surface area (Å²) < 4.78 is 0.268. The van der Waals surface area contributed by atoms with E-state index in [1.165, 1.54) is 42.5 Å². The molecule has 3 heterocycles. The van der Waals surface area contributed by atoms with Gasteiger partial charge in [0, 0.05) is 60.6 Å². The molecule has 3 saturated heterocycles. The summed E-state index contributed by atoms with van der Waals surface area (Å²) in [6.07, 6.45) is -5.94. The normalized spacial score (nSPS) is 24.4. The molecule has 5 rings (SSSR count). The van der Waals surface area contributed by atoms with Crippen molar-refractivity contribution in [3.05, 3.63) is 57.2 Å². The van der Waals surface area contributed by atoms with Gasteiger partial charge in [0.1, 0.15) is 71.9 Å². The molecule has 40 nitrogen and oxygen atoms in total. The lowest BCUT2D eigenvalue weighted by molar-refractivity contribution is -0.146. The van der Waals surface area contributed by atoms with E-state index in [0.717, 1.165) is 35.3 Å². The maximum Gasteiger partial charge on any atom is 0.326 e. The van der Waals surface area contributed by atoms with Crippen molar-refractivity contribution in [1.82, 2.24) is 68.7 Å². The largest absolute Gasteiger partial charge is 0.508 e. The van der Waals surface area contributed by atoms with E-state index in [4.69, 9.17) is 28.7 Å². The number of aliphatic carboxylic acids is 2. The smallest absolute Gasteiger partial charge is 0.326 e. The Kier molecular flexibility index (Phi) is 36.4. The number of nitrogens with two attached hydrogens (primary N) is 5. The summed E-state index contributed by atoms with van der Waals surface area (Å²) in [6, 6.07) is -9.58. The highest BCUT2D eigenvalue weighted by atomic mass is 127. The van der Waals surface area contributed by atoms with Gasteiger partial charge in [0.15, 0.2) is 16.7 Å². The van der Waals surface area contributed by atoms with Gasteiger partial charge >= 0.3 is 18.0 Å². The number of carbonyl (C=O) groups is 16. The van der Waals surface area contributed by atoms with E-state index in [0.29, 0.717) is 29.1 Å². The molecule has 45 heteroatoms. The summed E-state index contributed by atoms with van der Waals surface area (Å²) in [5.41, 5.74) is 28.3. The lowest BCUT2D eigenvalue weighted by atomic mass is 10.0. The topological polar surface area (TPSA) is 664 Å². The van der Waals surface area contributed by atoms with E-state index < -0.39 is 227 Å². The zero-order valence-electron chi connectivity index (χ0n) is 57.5. The van der Waals surface area contributed by atoms with Gasteiger partial charge in [-0.15, -0.1) is 47.0 Å². The first kappa shape index (κ1) is 88.3. The monoisotopic (exact) mass is 1690 g/mol. The first-order valence-corrected chi connectivity index (χ1v) is 38.6. The number of benzene rings is 2. The number of aliphatic hydroxyl groups excluding tert-OH is 1. The Labute approximate surface area is 642 Å². The number of nitrogens with one attached hydrogen (secondary N) is 12. The number of phenolic OH excluding ortho intramolecular Hbond substituents is 2. The van der Waals surface area contributed by atoms with Crippen LogP contribution in [0.2, 0.25) is 0 Å². The number of aliphatic hydroxyl groups is 1. The van der Waals surface area contributed by atoms with Gasteiger partial charge in [0.2, 0.25) is 65.0 Å². The van der Waals surface area contributed by atoms with E-state index in [9.17, 15) is 87.9 Å². The molecule has 107 heavy (non-hydrogen) atoms. The van der Waals surface area contributed by atoms with Gasteiger partial charge in [-0.25, -0.2) is 9.59 Å². The number of thioether (sulfide) groups is 4. The summed E-state index contributed by atoms with van der Waals surface area (Å²) in [5.74, 6) is -19.8. The van der Waals surface area contributed by atoms with Crippen LogP contribution in [-0.2, 0) is 84.8 Å². The van der Waals surface area contributed by atoms with Gasteiger partial charge in [-0.2, -0.15) is 0 Å². The first-order valence-electron chi connectivity index (χ1n) is 33.1. The highest BCUT2D eigenvalue weighted by molar-refractivity contribution is 14.1. The Bertz CT molecular complexity index is 3610. The van der Waals surface area contributed by atoms with E-state index in [1.807, 2.05) is 0 Å². The van der Waals surface area contributed by atoms with Crippen molar-refractivity contribution in [3.8, 4) is 11.5 Å². The second-order valence-corrected chi connectivity index (χ2v) is 30.6. The summed E-state index contributed by atoms with van der Waals surface area (Å²) in [7, 11) is 0. The van der Waals surface area contributed by atoms with Gasteiger partial charge in [-0.3, -0.25) is 72.1 Å². The number of phenols is 2. The van der Waals surface area contributed by atoms with Gasteiger partial charge < -0.3 is 123 Å². The molecule has 15 amide bonds. The highest BCUT2D eigenvalue weighted by Gasteiger charge is 2.43. The maximum atomic E-state index is 15.1. The fraction of sp³-hybridized carbons (Fsp3) is 0.532. The highest BCUT2D eigenvalue weighted by Crippen LogP contribution is 2.26. The first-order chi connectivity index (χ1) is 50.6. The summed E-state index contributed by atoms with van der Waals surface area (Å²) >= 11 is 4.58. The SMILES string of the molecule is C[C@@H](O)[C@@H]1NC(=O)[C@@H]2NC(=O)[C@H](NC(=O)CN)SCSC[C@H](NC(=O)[C@H](CCCN=C(N)N)NC(=O)[C@@H]3CCCN3C(=O)[C@H](CC(=O)O)NC1=O)C(=O)N[C@@H](CCCNC(N)=O)C(=O)N[C@@H](Cc1ccc(O)c(I)c1)C(=O)N[C@@H](CCC(N)=O)C(=O)N[C@H](C(=O)N[C@@H](Cc1ccc(O)cc1)C(=O)O)CSCS2. The number of guanidine groups is 1. The lowest BCUT2D eigenvalue weighted by Gasteiger charge is -2.31. The number of aromatic hydroxyl groups is 2. The number of amides is 15. The van der Waals surface area contributed by atoms with Crippen molar-refractivity contribution in [1.29, 1.82) is 0 Å². The number of carboxylic acids is 2.